The van der Waals surface area contributed by atoms with E-state index in [4.69, 9.17) is 13.9 Å². The van der Waals surface area contributed by atoms with Crippen LogP contribution in [0, 0.1) is 0 Å². The van der Waals surface area contributed by atoms with Crippen molar-refractivity contribution in [3.63, 3.8) is 0 Å². The van der Waals surface area contributed by atoms with Gasteiger partial charge in [-0.25, -0.2) is 0 Å². The van der Waals surface area contributed by atoms with Crippen molar-refractivity contribution in [3.8, 4) is 34.1 Å². The second kappa shape index (κ2) is 7.68. The van der Waals surface area contributed by atoms with E-state index in [1.807, 2.05) is 19.9 Å². The van der Waals surface area contributed by atoms with Crippen LogP contribution in [0.1, 0.15) is 19.4 Å². The molecule has 146 valence electrons. The van der Waals surface area contributed by atoms with Crippen molar-refractivity contribution in [2.45, 2.75) is 20.3 Å². The van der Waals surface area contributed by atoms with Crippen LogP contribution in [0.25, 0.3) is 22.1 Å². The zero-order valence-corrected chi connectivity index (χ0v) is 16.2. The Balaban J connectivity index is 2.25. The van der Waals surface area contributed by atoms with Crippen molar-refractivity contribution in [2.24, 2.45) is 0 Å². The largest absolute Gasteiger partial charge is 0.508 e. The van der Waals surface area contributed by atoms with Crippen molar-refractivity contribution in [2.75, 3.05) is 14.2 Å². The molecule has 0 fully saturated rings. The van der Waals surface area contributed by atoms with Gasteiger partial charge in [0.1, 0.15) is 40.2 Å². The molecule has 0 radical (unpaired) electrons. The van der Waals surface area contributed by atoms with Crippen molar-refractivity contribution >= 4 is 11.0 Å². The first kappa shape index (κ1) is 19.4. The molecule has 3 aromatic rings. The van der Waals surface area contributed by atoms with Gasteiger partial charge in [-0.3, -0.25) is 4.79 Å². The van der Waals surface area contributed by atoms with E-state index < -0.39 is 5.43 Å². The van der Waals surface area contributed by atoms with Crippen LogP contribution < -0.4 is 14.9 Å². The molecule has 28 heavy (non-hydrogen) atoms. The summed E-state index contributed by atoms with van der Waals surface area (Å²) in [5.74, 6) is 0.563. The molecule has 0 bridgehead atoms. The maximum atomic E-state index is 13.1. The number of benzene rings is 2. The Labute approximate surface area is 162 Å². The molecular weight excluding hydrogens is 360 g/mol. The zero-order valence-electron chi connectivity index (χ0n) is 16.2. The minimum absolute atomic E-state index is 0.0549. The number of aromatic hydroxyl groups is 2. The number of allylic oxidation sites excluding steroid dienone is 2. The molecule has 0 atom stereocenters. The summed E-state index contributed by atoms with van der Waals surface area (Å²) in [5.41, 5.74) is 2.27. The average Bonchev–Trinajstić information content (AvgIpc) is 2.66. The number of rotatable bonds is 5. The normalized spacial score (nSPS) is 10.7. The van der Waals surface area contributed by atoms with Crippen LogP contribution in [0.15, 0.2) is 51.4 Å². The zero-order chi connectivity index (χ0) is 20.4. The molecule has 1 aromatic heterocycles. The first-order chi connectivity index (χ1) is 13.3. The van der Waals surface area contributed by atoms with Crippen LogP contribution in [0.2, 0.25) is 0 Å². The topological polar surface area (TPSA) is 89.1 Å². The van der Waals surface area contributed by atoms with Gasteiger partial charge >= 0.3 is 0 Å². The molecule has 0 aliphatic carbocycles. The number of phenols is 2. The lowest BCUT2D eigenvalue weighted by Crippen LogP contribution is -2.06. The molecule has 2 aromatic carbocycles. The van der Waals surface area contributed by atoms with Crippen molar-refractivity contribution in [1.82, 2.24) is 0 Å². The van der Waals surface area contributed by atoms with Gasteiger partial charge in [0.15, 0.2) is 0 Å². The highest BCUT2D eigenvalue weighted by Crippen LogP contribution is 2.37. The van der Waals surface area contributed by atoms with Crippen molar-refractivity contribution in [1.29, 1.82) is 0 Å². The molecule has 3 rings (SSSR count). The van der Waals surface area contributed by atoms with Gasteiger partial charge < -0.3 is 24.1 Å². The first-order valence-electron chi connectivity index (χ1n) is 8.71. The summed E-state index contributed by atoms with van der Waals surface area (Å²) >= 11 is 0. The molecule has 2 N–H and O–H groups in total. The van der Waals surface area contributed by atoms with E-state index in [0.717, 1.165) is 5.57 Å². The number of methoxy groups -OCH3 is 2. The molecule has 0 spiro atoms. The Hall–Kier alpha value is -3.41. The molecule has 6 nitrogen and oxygen atoms in total. The van der Waals surface area contributed by atoms with E-state index in [1.54, 1.807) is 6.07 Å². The van der Waals surface area contributed by atoms with E-state index in [2.05, 4.69) is 0 Å². The van der Waals surface area contributed by atoms with Gasteiger partial charge in [0.2, 0.25) is 5.43 Å². The summed E-state index contributed by atoms with van der Waals surface area (Å²) in [7, 11) is 2.92. The molecule has 0 saturated heterocycles. The monoisotopic (exact) mass is 382 g/mol. The van der Waals surface area contributed by atoms with Gasteiger partial charge in [0.25, 0.3) is 0 Å². The van der Waals surface area contributed by atoms with Gasteiger partial charge in [-0.1, -0.05) is 11.6 Å². The van der Waals surface area contributed by atoms with Crippen LogP contribution in [-0.2, 0) is 6.42 Å². The summed E-state index contributed by atoms with van der Waals surface area (Å²) in [6, 6.07) is 6.07. The molecule has 0 aliphatic rings. The van der Waals surface area contributed by atoms with Crippen LogP contribution >= 0.6 is 0 Å². The highest BCUT2D eigenvalue weighted by Gasteiger charge is 2.18. The number of hydrogen-bond donors (Lipinski definition) is 2. The van der Waals surface area contributed by atoms with Crippen molar-refractivity contribution in [3.05, 3.63) is 58.0 Å². The van der Waals surface area contributed by atoms with Gasteiger partial charge in [-0.05, 0) is 31.9 Å². The minimum atomic E-state index is -0.404. The maximum Gasteiger partial charge on any atom is 0.204 e. The highest BCUT2D eigenvalue weighted by molar-refractivity contribution is 5.89. The summed E-state index contributed by atoms with van der Waals surface area (Å²) in [5, 5.41) is 20.6. The van der Waals surface area contributed by atoms with E-state index >= 15 is 0 Å². The molecule has 1 heterocycles. The quantitative estimate of drug-likeness (QED) is 0.636. The average molecular weight is 382 g/mol. The predicted octanol–water partition coefficient (Wildman–Crippen LogP) is 4.40. The lowest BCUT2D eigenvalue weighted by molar-refractivity contribution is 0.407. The highest BCUT2D eigenvalue weighted by atomic mass is 16.5. The van der Waals surface area contributed by atoms with Gasteiger partial charge in [0, 0.05) is 23.8 Å². The Kier molecular flexibility index (Phi) is 5.31. The second-order valence-corrected chi connectivity index (χ2v) is 6.66. The summed E-state index contributed by atoms with van der Waals surface area (Å²) in [4.78, 5) is 13.1. The predicted molar refractivity (Wildman–Crippen MR) is 107 cm³/mol. The molecule has 0 saturated carbocycles. The molecule has 0 unspecified atom stereocenters. The van der Waals surface area contributed by atoms with Crippen LogP contribution in [0.5, 0.6) is 23.0 Å². The Bertz CT molecular complexity index is 1120. The fourth-order valence-electron chi connectivity index (χ4n) is 2.98. The summed E-state index contributed by atoms with van der Waals surface area (Å²) in [6.45, 7) is 3.94. The number of hydrogen-bond acceptors (Lipinski definition) is 6. The molecular formula is C22H22O6. The second-order valence-electron chi connectivity index (χ2n) is 6.66. The minimum Gasteiger partial charge on any atom is -0.508 e. The fourth-order valence-corrected chi connectivity index (χ4v) is 2.98. The summed E-state index contributed by atoms with van der Waals surface area (Å²) < 4.78 is 16.0. The van der Waals surface area contributed by atoms with Crippen LogP contribution in [0.3, 0.4) is 0 Å². The van der Waals surface area contributed by atoms with E-state index in [1.165, 1.54) is 38.7 Å². The Morgan fingerprint density at radius 3 is 2.43 bits per heavy atom. The van der Waals surface area contributed by atoms with Crippen LogP contribution in [0.4, 0.5) is 0 Å². The van der Waals surface area contributed by atoms with Gasteiger partial charge in [0.05, 0.1) is 19.8 Å². The number of phenolic OH excluding ortho intramolecular Hbond substituents is 2. The summed E-state index contributed by atoms with van der Waals surface area (Å²) in [6.07, 6.45) is 3.81. The first-order valence-corrected chi connectivity index (χ1v) is 8.71. The number of ether oxygens (including phenoxy) is 2. The third-order valence-electron chi connectivity index (χ3n) is 4.49. The van der Waals surface area contributed by atoms with E-state index in [0.29, 0.717) is 29.0 Å². The third-order valence-corrected chi connectivity index (χ3v) is 4.49. The number of fused-ring (bicyclic) bond motifs is 1. The third kappa shape index (κ3) is 3.53. The Morgan fingerprint density at radius 1 is 1.04 bits per heavy atom. The van der Waals surface area contributed by atoms with Gasteiger partial charge in [-0.15, -0.1) is 0 Å². The lowest BCUT2D eigenvalue weighted by Gasteiger charge is -2.13. The van der Waals surface area contributed by atoms with Gasteiger partial charge in [-0.2, -0.15) is 0 Å². The van der Waals surface area contributed by atoms with E-state index in [-0.39, 0.29) is 28.0 Å². The fraction of sp³-hybridized carbons (Fsp3) is 0.227. The molecule has 0 aliphatic heterocycles. The molecule has 0 amide bonds. The van der Waals surface area contributed by atoms with Crippen molar-refractivity contribution < 1.29 is 24.1 Å². The maximum absolute atomic E-state index is 13.1. The standard InChI is InChI=1S/C22H22O6/c1-12(2)5-6-13-7-15(19(27-4)10-17(13)23)16-11-28-20-9-14(26-3)8-18(24)21(20)22(16)25/h5,7-11,23-24H,6H2,1-4H3. The smallest absolute Gasteiger partial charge is 0.204 e. The van der Waals surface area contributed by atoms with E-state index in [9.17, 15) is 15.0 Å². The SMILES string of the molecule is COc1cc(O)c2c(=O)c(-c3cc(CC=C(C)C)c(O)cc3OC)coc2c1. The Morgan fingerprint density at radius 2 is 1.79 bits per heavy atom. The van der Waals surface area contributed by atoms with Crippen LogP contribution in [-0.4, -0.2) is 24.4 Å². The lowest BCUT2D eigenvalue weighted by atomic mass is 9.99. The molecule has 6 heteroatoms.